The van der Waals surface area contributed by atoms with Crippen LogP contribution in [0.15, 0.2) is 48.8 Å². The summed E-state index contributed by atoms with van der Waals surface area (Å²) >= 11 is 0. The molecule has 21 heavy (non-hydrogen) atoms. The van der Waals surface area contributed by atoms with Gasteiger partial charge in [-0.05, 0) is 12.5 Å². The van der Waals surface area contributed by atoms with Gasteiger partial charge in [0.1, 0.15) is 5.82 Å². The first-order valence-electron chi connectivity index (χ1n) is 6.75. The second kappa shape index (κ2) is 5.62. The van der Waals surface area contributed by atoms with Crippen LogP contribution in [0.3, 0.4) is 0 Å². The van der Waals surface area contributed by atoms with Gasteiger partial charge in [0.2, 0.25) is 5.95 Å². The molecule has 2 aromatic heterocycles. The van der Waals surface area contributed by atoms with E-state index < -0.39 is 0 Å². The standard InChI is InChI=1S/C15H16N6/c1-2-17-13-8-14(20-15(16)19-13)21-10-12(9-18-21)11-6-4-3-5-7-11/h3-10H,2H2,1H3,(H3,16,17,19,20). The molecule has 0 radical (unpaired) electrons. The minimum absolute atomic E-state index is 0.222. The van der Waals surface area contributed by atoms with Crippen molar-refractivity contribution in [3.05, 3.63) is 48.8 Å². The lowest BCUT2D eigenvalue weighted by Crippen LogP contribution is -2.07. The Kier molecular flexibility index (Phi) is 3.51. The van der Waals surface area contributed by atoms with Crippen LogP contribution in [-0.4, -0.2) is 26.3 Å². The average molecular weight is 280 g/mol. The van der Waals surface area contributed by atoms with Gasteiger partial charge >= 0.3 is 0 Å². The van der Waals surface area contributed by atoms with Crippen LogP contribution in [0.25, 0.3) is 16.9 Å². The van der Waals surface area contributed by atoms with Crippen molar-refractivity contribution in [2.45, 2.75) is 6.92 Å². The number of nitrogens with two attached hydrogens (primary N) is 1. The van der Waals surface area contributed by atoms with E-state index in [4.69, 9.17) is 5.73 Å². The zero-order valence-corrected chi connectivity index (χ0v) is 11.7. The Morgan fingerprint density at radius 2 is 1.95 bits per heavy atom. The van der Waals surface area contributed by atoms with Crippen LogP contribution in [0.5, 0.6) is 0 Å². The van der Waals surface area contributed by atoms with Crippen molar-refractivity contribution in [2.75, 3.05) is 17.6 Å². The molecule has 0 saturated carbocycles. The number of rotatable bonds is 4. The van der Waals surface area contributed by atoms with Gasteiger partial charge in [-0.15, -0.1) is 0 Å². The van der Waals surface area contributed by atoms with Crippen molar-refractivity contribution in [3.8, 4) is 16.9 Å². The number of nitrogens with one attached hydrogen (secondary N) is 1. The molecule has 0 spiro atoms. The predicted molar refractivity (Wildman–Crippen MR) is 83.2 cm³/mol. The summed E-state index contributed by atoms with van der Waals surface area (Å²) in [6.07, 6.45) is 3.73. The van der Waals surface area contributed by atoms with Crippen LogP contribution in [0.2, 0.25) is 0 Å². The summed E-state index contributed by atoms with van der Waals surface area (Å²) in [5, 5.41) is 7.47. The van der Waals surface area contributed by atoms with Crippen LogP contribution >= 0.6 is 0 Å². The zero-order chi connectivity index (χ0) is 14.7. The SMILES string of the molecule is CCNc1cc(-n2cc(-c3ccccc3)cn2)nc(N)n1. The van der Waals surface area contributed by atoms with E-state index in [1.54, 1.807) is 10.9 Å². The highest BCUT2D eigenvalue weighted by atomic mass is 15.3. The predicted octanol–water partition coefficient (Wildman–Crippen LogP) is 2.34. The number of nitrogen functional groups attached to an aromatic ring is 1. The van der Waals surface area contributed by atoms with Crippen LogP contribution < -0.4 is 11.1 Å². The molecule has 106 valence electrons. The molecule has 3 N–H and O–H groups in total. The van der Waals surface area contributed by atoms with Gasteiger partial charge in [0.15, 0.2) is 5.82 Å². The van der Waals surface area contributed by atoms with Gasteiger partial charge in [-0.25, -0.2) is 4.68 Å². The fourth-order valence-corrected chi connectivity index (χ4v) is 2.07. The molecular weight excluding hydrogens is 264 g/mol. The number of hydrogen-bond acceptors (Lipinski definition) is 5. The molecule has 3 aromatic rings. The number of aromatic nitrogens is 4. The Hall–Kier alpha value is -2.89. The van der Waals surface area contributed by atoms with Crippen molar-refractivity contribution in [3.63, 3.8) is 0 Å². The molecule has 3 rings (SSSR count). The van der Waals surface area contributed by atoms with Gasteiger partial charge in [-0.3, -0.25) is 0 Å². The van der Waals surface area contributed by atoms with Crippen molar-refractivity contribution >= 4 is 11.8 Å². The summed E-state index contributed by atoms with van der Waals surface area (Å²) in [4.78, 5) is 8.35. The van der Waals surface area contributed by atoms with Crippen molar-refractivity contribution in [1.29, 1.82) is 0 Å². The molecule has 0 aliphatic carbocycles. The molecule has 0 aliphatic rings. The van der Waals surface area contributed by atoms with Gasteiger partial charge in [0.05, 0.1) is 6.20 Å². The molecule has 0 atom stereocenters. The normalized spacial score (nSPS) is 10.5. The van der Waals surface area contributed by atoms with Gasteiger partial charge < -0.3 is 11.1 Å². The highest BCUT2D eigenvalue weighted by Gasteiger charge is 2.07. The van der Waals surface area contributed by atoms with Gasteiger partial charge in [-0.1, -0.05) is 30.3 Å². The van der Waals surface area contributed by atoms with Crippen LogP contribution in [0.1, 0.15) is 6.92 Å². The number of anilines is 2. The zero-order valence-electron chi connectivity index (χ0n) is 11.7. The molecular formula is C15H16N6. The summed E-state index contributed by atoms with van der Waals surface area (Å²) in [6, 6.07) is 11.9. The lowest BCUT2D eigenvalue weighted by atomic mass is 10.1. The summed E-state index contributed by atoms with van der Waals surface area (Å²) in [7, 11) is 0. The molecule has 6 nitrogen and oxygen atoms in total. The van der Waals surface area contributed by atoms with Crippen LogP contribution in [0, 0.1) is 0 Å². The Labute approximate surface area is 122 Å². The molecule has 0 saturated heterocycles. The molecule has 6 heteroatoms. The quantitative estimate of drug-likeness (QED) is 0.766. The summed E-state index contributed by atoms with van der Waals surface area (Å²) in [5.41, 5.74) is 7.88. The minimum atomic E-state index is 0.222. The van der Waals surface area contributed by atoms with Crippen molar-refractivity contribution in [1.82, 2.24) is 19.7 Å². The largest absolute Gasteiger partial charge is 0.370 e. The summed E-state index contributed by atoms with van der Waals surface area (Å²) < 4.78 is 1.70. The van der Waals surface area contributed by atoms with Crippen molar-refractivity contribution in [2.24, 2.45) is 0 Å². The van der Waals surface area contributed by atoms with E-state index >= 15 is 0 Å². The average Bonchev–Trinajstić information content (AvgIpc) is 2.98. The molecule has 0 bridgehead atoms. The first kappa shape index (κ1) is 13.1. The fraction of sp³-hybridized carbons (Fsp3) is 0.133. The Morgan fingerprint density at radius 3 is 2.71 bits per heavy atom. The molecule has 0 fully saturated rings. The third kappa shape index (κ3) is 2.84. The summed E-state index contributed by atoms with van der Waals surface area (Å²) in [5.74, 6) is 1.55. The lowest BCUT2D eigenvalue weighted by molar-refractivity contribution is 0.843. The van der Waals surface area contributed by atoms with E-state index in [1.165, 1.54) is 0 Å². The van der Waals surface area contributed by atoms with E-state index in [0.717, 1.165) is 17.7 Å². The van der Waals surface area contributed by atoms with E-state index in [1.807, 2.05) is 49.5 Å². The van der Waals surface area contributed by atoms with Gasteiger partial charge in [0, 0.05) is 24.4 Å². The van der Waals surface area contributed by atoms with Crippen LogP contribution in [-0.2, 0) is 0 Å². The maximum absolute atomic E-state index is 5.74. The molecule has 0 unspecified atom stereocenters. The highest BCUT2D eigenvalue weighted by molar-refractivity contribution is 5.62. The Morgan fingerprint density at radius 1 is 1.14 bits per heavy atom. The molecule has 1 aromatic carbocycles. The van der Waals surface area contributed by atoms with E-state index in [-0.39, 0.29) is 5.95 Å². The third-order valence-electron chi connectivity index (χ3n) is 3.01. The molecule has 2 heterocycles. The third-order valence-corrected chi connectivity index (χ3v) is 3.01. The number of nitrogens with zero attached hydrogens (tertiary/aromatic N) is 4. The first-order valence-corrected chi connectivity index (χ1v) is 6.75. The second-order valence-corrected chi connectivity index (χ2v) is 4.54. The fourth-order valence-electron chi connectivity index (χ4n) is 2.07. The van der Waals surface area contributed by atoms with E-state index in [2.05, 4.69) is 20.4 Å². The number of benzene rings is 1. The lowest BCUT2D eigenvalue weighted by Gasteiger charge is -2.06. The maximum Gasteiger partial charge on any atom is 0.224 e. The molecule has 0 aliphatic heterocycles. The van der Waals surface area contributed by atoms with Gasteiger partial charge in [-0.2, -0.15) is 15.1 Å². The highest BCUT2D eigenvalue weighted by Crippen LogP contribution is 2.20. The smallest absolute Gasteiger partial charge is 0.224 e. The molecule has 0 amide bonds. The van der Waals surface area contributed by atoms with E-state index in [0.29, 0.717) is 11.6 Å². The maximum atomic E-state index is 5.74. The topological polar surface area (TPSA) is 81.7 Å². The Bertz CT molecular complexity index is 735. The Balaban J connectivity index is 1.96. The number of hydrogen-bond donors (Lipinski definition) is 2. The van der Waals surface area contributed by atoms with Crippen molar-refractivity contribution < 1.29 is 0 Å². The first-order chi connectivity index (χ1) is 10.3. The van der Waals surface area contributed by atoms with E-state index in [9.17, 15) is 0 Å². The second-order valence-electron chi connectivity index (χ2n) is 4.54. The summed E-state index contributed by atoms with van der Waals surface area (Å²) in [6.45, 7) is 2.77. The minimum Gasteiger partial charge on any atom is -0.370 e. The monoisotopic (exact) mass is 280 g/mol. The van der Waals surface area contributed by atoms with Gasteiger partial charge in [0.25, 0.3) is 0 Å². The van der Waals surface area contributed by atoms with Crippen LogP contribution in [0.4, 0.5) is 11.8 Å².